The van der Waals surface area contributed by atoms with E-state index >= 15 is 0 Å². The lowest BCUT2D eigenvalue weighted by Gasteiger charge is -2.25. The summed E-state index contributed by atoms with van der Waals surface area (Å²) in [5, 5.41) is 9.17. The van der Waals surface area contributed by atoms with Gasteiger partial charge in [0.05, 0.1) is 0 Å². The minimum Gasteiger partial charge on any atom is -0.480 e. The van der Waals surface area contributed by atoms with Crippen LogP contribution in [0.2, 0.25) is 0 Å². The van der Waals surface area contributed by atoms with Crippen LogP contribution in [0.15, 0.2) is 30.3 Å². The number of halogens is 3. The number of alkyl halides is 3. The van der Waals surface area contributed by atoms with Gasteiger partial charge in [0.25, 0.3) is 0 Å². The van der Waals surface area contributed by atoms with Crippen molar-refractivity contribution in [3.63, 3.8) is 0 Å². The van der Waals surface area contributed by atoms with Gasteiger partial charge in [0.2, 0.25) is 0 Å². The van der Waals surface area contributed by atoms with E-state index < -0.39 is 30.0 Å². The molecule has 0 bridgehead atoms. The molecular formula is C13H12F3NO3. The molecule has 0 radical (unpaired) electrons. The first-order valence-electron chi connectivity index (χ1n) is 5.98. The van der Waals surface area contributed by atoms with Gasteiger partial charge in [0, 0.05) is 12.5 Å². The maximum Gasteiger partial charge on any atom is 0.471 e. The van der Waals surface area contributed by atoms with Crippen molar-refractivity contribution in [3.8, 4) is 0 Å². The fraction of sp³-hybridized carbons (Fsp3) is 0.385. The number of carbonyl (C=O) groups is 2. The number of nitrogens with zero attached hydrogens (tertiary/aromatic N) is 1. The molecule has 1 N–H and O–H groups in total. The number of rotatable bonds is 2. The monoisotopic (exact) mass is 287 g/mol. The van der Waals surface area contributed by atoms with E-state index in [-0.39, 0.29) is 13.0 Å². The summed E-state index contributed by atoms with van der Waals surface area (Å²) in [5.74, 6) is -4.14. The topological polar surface area (TPSA) is 57.6 Å². The fourth-order valence-electron chi connectivity index (χ4n) is 2.54. The van der Waals surface area contributed by atoms with Crippen LogP contribution in [-0.4, -0.2) is 40.6 Å². The standard InChI is InChI=1S/C13H12F3NO3/c14-13(15,16)12(20)17-7-6-9(10(17)11(18)19)8-4-2-1-3-5-8/h1-5,9-10H,6-7H2,(H,18,19)/t9-,10+/m1/s1. The Kier molecular flexibility index (Phi) is 3.69. The third kappa shape index (κ3) is 2.61. The van der Waals surface area contributed by atoms with Crippen molar-refractivity contribution in [1.82, 2.24) is 4.90 Å². The largest absolute Gasteiger partial charge is 0.480 e. The first-order valence-corrected chi connectivity index (χ1v) is 5.98. The third-order valence-electron chi connectivity index (χ3n) is 3.38. The summed E-state index contributed by atoms with van der Waals surface area (Å²) in [6.07, 6.45) is -4.86. The number of carboxylic acid groups (broad SMARTS) is 1. The number of aliphatic carboxylic acids is 1. The minimum atomic E-state index is -5.06. The van der Waals surface area contributed by atoms with Crippen LogP contribution in [0, 0.1) is 0 Å². The molecule has 2 rings (SSSR count). The normalized spacial score (nSPS) is 22.9. The van der Waals surface area contributed by atoms with Gasteiger partial charge in [0.1, 0.15) is 6.04 Å². The zero-order chi connectivity index (χ0) is 14.9. The Hall–Kier alpha value is -2.05. The van der Waals surface area contributed by atoms with E-state index in [4.69, 9.17) is 5.11 Å². The lowest BCUT2D eigenvalue weighted by atomic mass is 9.92. The summed E-state index contributed by atoms with van der Waals surface area (Å²) in [6, 6.07) is 6.92. The molecule has 1 aromatic carbocycles. The van der Waals surface area contributed by atoms with E-state index in [0.29, 0.717) is 10.5 Å². The lowest BCUT2D eigenvalue weighted by molar-refractivity contribution is -0.188. The van der Waals surface area contributed by atoms with Crippen molar-refractivity contribution in [2.24, 2.45) is 0 Å². The molecular weight excluding hydrogens is 275 g/mol. The van der Waals surface area contributed by atoms with Crippen LogP contribution >= 0.6 is 0 Å². The molecule has 1 amide bonds. The predicted molar refractivity (Wildman–Crippen MR) is 63.0 cm³/mol. The van der Waals surface area contributed by atoms with Gasteiger partial charge in [-0.3, -0.25) is 4.79 Å². The number of hydrogen-bond donors (Lipinski definition) is 1. The van der Waals surface area contributed by atoms with Crippen LogP contribution in [0.4, 0.5) is 13.2 Å². The van der Waals surface area contributed by atoms with Crippen LogP contribution in [0.25, 0.3) is 0 Å². The van der Waals surface area contributed by atoms with Crippen molar-refractivity contribution >= 4 is 11.9 Å². The quantitative estimate of drug-likeness (QED) is 0.905. The van der Waals surface area contributed by atoms with Crippen LogP contribution in [0.1, 0.15) is 17.9 Å². The second kappa shape index (κ2) is 5.15. The van der Waals surface area contributed by atoms with Crippen molar-refractivity contribution < 1.29 is 27.9 Å². The molecule has 0 aliphatic carbocycles. The summed E-state index contributed by atoms with van der Waals surface area (Å²) in [5.41, 5.74) is 0.623. The van der Waals surface area contributed by atoms with E-state index in [1.54, 1.807) is 30.3 Å². The highest BCUT2D eigenvalue weighted by Crippen LogP contribution is 2.36. The Bertz CT molecular complexity index is 515. The Balaban J connectivity index is 2.31. The summed E-state index contributed by atoms with van der Waals surface area (Å²) in [6.45, 7) is -0.213. The molecule has 0 unspecified atom stereocenters. The number of benzene rings is 1. The molecule has 1 saturated heterocycles. The second-order valence-corrected chi connectivity index (χ2v) is 4.59. The number of amides is 1. The molecule has 0 aromatic heterocycles. The zero-order valence-electron chi connectivity index (χ0n) is 10.3. The summed E-state index contributed by atoms with van der Waals surface area (Å²) in [4.78, 5) is 23.0. The van der Waals surface area contributed by atoms with Crippen molar-refractivity contribution in [1.29, 1.82) is 0 Å². The van der Waals surface area contributed by atoms with Crippen LogP contribution < -0.4 is 0 Å². The molecule has 0 saturated carbocycles. The lowest BCUT2D eigenvalue weighted by Crippen LogP contribution is -2.48. The van der Waals surface area contributed by atoms with Crippen LogP contribution in [0.3, 0.4) is 0 Å². The highest BCUT2D eigenvalue weighted by atomic mass is 19.4. The molecule has 2 atom stereocenters. The molecule has 0 spiro atoms. The third-order valence-corrected chi connectivity index (χ3v) is 3.38. The molecule has 1 heterocycles. The van der Waals surface area contributed by atoms with E-state index in [1.807, 2.05) is 0 Å². The first-order chi connectivity index (χ1) is 9.32. The molecule has 1 aromatic rings. The van der Waals surface area contributed by atoms with E-state index in [0.717, 1.165) is 0 Å². The molecule has 108 valence electrons. The van der Waals surface area contributed by atoms with E-state index in [1.165, 1.54) is 0 Å². The van der Waals surface area contributed by atoms with Gasteiger partial charge in [-0.25, -0.2) is 4.79 Å². The molecule has 20 heavy (non-hydrogen) atoms. The maximum atomic E-state index is 12.5. The number of likely N-dealkylation sites (tertiary alicyclic amines) is 1. The fourth-order valence-corrected chi connectivity index (χ4v) is 2.54. The Labute approximate surface area is 112 Å². The second-order valence-electron chi connectivity index (χ2n) is 4.59. The Morgan fingerprint density at radius 3 is 2.30 bits per heavy atom. The van der Waals surface area contributed by atoms with Gasteiger partial charge >= 0.3 is 18.1 Å². The highest BCUT2D eigenvalue weighted by Gasteiger charge is 2.51. The molecule has 1 aliphatic rings. The molecule has 1 aliphatic heterocycles. The highest BCUT2D eigenvalue weighted by molar-refractivity contribution is 5.88. The maximum absolute atomic E-state index is 12.5. The van der Waals surface area contributed by atoms with Crippen molar-refractivity contribution in [2.75, 3.05) is 6.54 Å². The van der Waals surface area contributed by atoms with Crippen molar-refractivity contribution in [3.05, 3.63) is 35.9 Å². The number of carbonyl (C=O) groups excluding carboxylic acids is 1. The average molecular weight is 287 g/mol. The van der Waals surface area contributed by atoms with Gasteiger partial charge < -0.3 is 10.0 Å². The first kappa shape index (κ1) is 14.4. The summed E-state index contributed by atoms with van der Waals surface area (Å²) >= 11 is 0. The predicted octanol–water partition coefficient (Wildman–Crippen LogP) is 2.02. The SMILES string of the molecule is O=C(O)[C@@H]1[C@@H](c2ccccc2)CCN1C(=O)C(F)(F)F. The average Bonchev–Trinajstić information content (AvgIpc) is 2.82. The van der Waals surface area contributed by atoms with Gasteiger partial charge in [-0.2, -0.15) is 13.2 Å². The summed E-state index contributed by atoms with van der Waals surface area (Å²) in [7, 11) is 0. The van der Waals surface area contributed by atoms with Gasteiger partial charge in [-0.15, -0.1) is 0 Å². The van der Waals surface area contributed by atoms with Crippen LogP contribution in [-0.2, 0) is 9.59 Å². The molecule has 7 heteroatoms. The van der Waals surface area contributed by atoms with Gasteiger partial charge in [-0.05, 0) is 12.0 Å². The summed E-state index contributed by atoms with van der Waals surface area (Å²) < 4.78 is 37.4. The van der Waals surface area contributed by atoms with E-state index in [2.05, 4.69) is 0 Å². The van der Waals surface area contributed by atoms with E-state index in [9.17, 15) is 22.8 Å². The minimum absolute atomic E-state index is 0.197. The Morgan fingerprint density at radius 2 is 1.80 bits per heavy atom. The van der Waals surface area contributed by atoms with Crippen LogP contribution in [0.5, 0.6) is 0 Å². The number of carboxylic acids is 1. The molecule has 4 nitrogen and oxygen atoms in total. The van der Waals surface area contributed by atoms with Gasteiger partial charge in [0.15, 0.2) is 0 Å². The number of hydrogen-bond acceptors (Lipinski definition) is 2. The Morgan fingerprint density at radius 1 is 1.20 bits per heavy atom. The van der Waals surface area contributed by atoms with Gasteiger partial charge in [-0.1, -0.05) is 30.3 Å². The molecule has 1 fully saturated rings. The van der Waals surface area contributed by atoms with Crippen molar-refractivity contribution in [2.45, 2.75) is 24.6 Å². The zero-order valence-corrected chi connectivity index (χ0v) is 10.3. The smallest absolute Gasteiger partial charge is 0.471 e.